The zero-order valence-corrected chi connectivity index (χ0v) is 20.8. The molecule has 2 aliphatic rings. The molecule has 1 atom stereocenters. The van der Waals surface area contributed by atoms with Crippen LogP contribution in [0.2, 0.25) is 0 Å². The van der Waals surface area contributed by atoms with Gasteiger partial charge in [-0.25, -0.2) is 13.9 Å². The molecule has 182 valence electrons. The van der Waals surface area contributed by atoms with Crippen molar-refractivity contribution in [3.8, 4) is 5.75 Å². The first-order valence-corrected chi connectivity index (χ1v) is 13.8. The van der Waals surface area contributed by atoms with Crippen LogP contribution in [-0.2, 0) is 20.0 Å². The Morgan fingerprint density at radius 2 is 1.97 bits per heavy atom. The van der Waals surface area contributed by atoms with Gasteiger partial charge in [0.2, 0.25) is 15.7 Å². The summed E-state index contributed by atoms with van der Waals surface area (Å²) in [5.74, 6) is -0.0472. The van der Waals surface area contributed by atoms with E-state index in [-0.39, 0.29) is 15.7 Å². The number of hydrogen-bond donors (Lipinski definition) is 3. The molecule has 1 aromatic carbocycles. The van der Waals surface area contributed by atoms with Crippen molar-refractivity contribution >= 4 is 27.1 Å². The van der Waals surface area contributed by atoms with Crippen molar-refractivity contribution in [1.29, 1.82) is 0 Å². The number of amides is 1. The predicted octanol–water partition coefficient (Wildman–Crippen LogP) is 3.97. The van der Waals surface area contributed by atoms with Crippen molar-refractivity contribution in [3.63, 3.8) is 0 Å². The molecule has 1 saturated heterocycles. The van der Waals surface area contributed by atoms with Crippen LogP contribution in [0.4, 0.5) is 0 Å². The quantitative estimate of drug-likeness (QED) is 0.373. The van der Waals surface area contributed by atoms with Gasteiger partial charge in [-0.15, -0.1) is 11.3 Å². The highest BCUT2D eigenvalue weighted by Gasteiger charge is 2.47. The summed E-state index contributed by atoms with van der Waals surface area (Å²) in [5, 5.41) is 14.8. The molecule has 1 fully saturated rings. The largest absolute Gasteiger partial charge is 0.493 e. The van der Waals surface area contributed by atoms with Crippen LogP contribution in [0.5, 0.6) is 5.75 Å². The maximum Gasteiger partial charge on any atom is 0.249 e. The average molecular weight is 503 g/mol. The maximum atomic E-state index is 13.5. The summed E-state index contributed by atoms with van der Waals surface area (Å²) in [6, 6.07) is 10.7. The van der Waals surface area contributed by atoms with Gasteiger partial charge in [-0.2, -0.15) is 0 Å². The predicted molar refractivity (Wildman–Crippen MR) is 132 cm³/mol. The van der Waals surface area contributed by atoms with E-state index in [1.807, 2.05) is 36.0 Å². The highest BCUT2D eigenvalue weighted by molar-refractivity contribution is 7.95. The maximum absolute atomic E-state index is 13.5. The van der Waals surface area contributed by atoms with Crippen LogP contribution in [0, 0.1) is 5.41 Å². The van der Waals surface area contributed by atoms with E-state index in [1.165, 1.54) is 0 Å². The summed E-state index contributed by atoms with van der Waals surface area (Å²) in [4.78, 5) is 14.3. The number of sulfone groups is 1. The van der Waals surface area contributed by atoms with Gasteiger partial charge >= 0.3 is 0 Å². The molecule has 1 aromatic heterocycles. The number of benzene rings is 1. The molecule has 7 nitrogen and oxygen atoms in total. The molecule has 2 heterocycles. The van der Waals surface area contributed by atoms with E-state index in [0.717, 1.165) is 4.88 Å². The minimum Gasteiger partial charge on any atom is -0.493 e. The number of thiophene rings is 1. The zero-order chi connectivity index (χ0) is 24.2. The molecule has 9 heteroatoms. The fraction of sp³-hybridized carbons (Fsp3) is 0.400. The first-order valence-electron chi connectivity index (χ1n) is 11.4. The van der Waals surface area contributed by atoms with Crippen molar-refractivity contribution in [1.82, 2.24) is 10.8 Å². The Morgan fingerprint density at radius 3 is 2.59 bits per heavy atom. The van der Waals surface area contributed by atoms with Crippen LogP contribution in [0.25, 0.3) is 0 Å². The lowest BCUT2D eigenvalue weighted by Gasteiger charge is -2.43. The SMILES string of the molecule is CCOc1ccccc1S(=O)(=O)C1=CCC(CC2(C(=O)NO)CCNCC2)(c2cccs2)C=C1. The van der Waals surface area contributed by atoms with E-state index in [1.54, 1.807) is 47.8 Å². The number of piperidine rings is 1. The van der Waals surface area contributed by atoms with Crippen molar-refractivity contribution in [2.45, 2.75) is 42.9 Å². The normalized spacial score (nSPS) is 22.1. The lowest BCUT2D eigenvalue weighted by Crippen LogP contribution is -2.50. The Bertz CT molecular complexity index is 1180. The van der Waals surface area contributed by atoms with Crippen LogP contribution in [0.1, 0.15) is 37.5 Å². The Morgan fingerprint density at radius 1 is 1.21 bits per heavy atom. The molecule has 1 aliphatic heterocycles. The number of allylic oxidation sites excluding steroid dienone is 3. The third kappa shape index (κ3) is 4.57. The second-order valence-electron chi connectivity index (χ2n) is 8.81. The number of hydrogen-bond acceptors (Lipinski definition) is 7. The van der Waals surface area contributed by atoms with E-state index in [4.69, 9.17) is 4.74 Å². The molecule has 3 N–H and O–H groups in total. The molecule has 1 amide bonds. The summed E-state index contributed by atoms with van der Waals surface area (Å²) in [7, 11) is -3.78. The Labute approximate surface area is 204 Å². The van der Waals surface area contributed by atoms with Crippen molar-refractivity contribution < 1.29 is 23.2 Å². The van der Waals surface area contributed by atoms with Gasteiger partial charge in [0.15, 0.2) is 0 Å². The van der Waals surface area contributed by atoms with Crippen LogP contribution < -0.4 is 15.5 Å². The van der Waals surface area contributed by atoms with Gasteiger partial charge in [-0.05, 0) is 75.4 Å². The van der Waals surface area contributed by atoms with Crippen LogP contribution in [0.15, 0.2) is 69.8 Å². The van der Waals surface area contributed by atoms with Crippen molar-refractivity contribution in [2.24, 2.45) is 5.41 Å². The molecule has 0 spiro atoms. The van der Waals surface area contributed by atoms with E-state index >= 15 is 0 Å². The molecular weight excluding hydrogens is 472 g/mol. The van der Waals surface area contributed by atoms with E-state index in [9.17, 15) is 18.4 Å². The number of para-hydroxylation sites is 1. The smallest absolute Gasteiger partial charge is 0.249 e. The van der Waals surface area contributed by atoms with Crippen molar-refractivity contribution in [2.75, 3.05) is 19.7 Å². The topological polar surface area (TPSA) is 105 Å². The third-order valence-corrected chi connectivity index (χ3v) is 9.72. The number of nitrogens with one attached hydrogen (secondary N) is 2. The molecule has 0 saturated carbocycles. The molecular formula is C25H30N2O5S2. The van der Waals surface area contributed by atoms with E-state index < -0.39 is 20.7 Å². The third-order valence-electron chi connectivity index (χ3n) is 6.79. The summed E-state index contributed by atoms with van der Waals surface area (Å²) >= 11 is 1.59. The summed E-state index contributed by atoms with van der Waals surface area (Å²) in [6.45, 7) is 3.55. The molecule has 34 heavy (non-hydrogen) atoms. The van der Waals surface area contributed by atoms with Crippen LogP contribution in [-0.4, -0.2) is 39.2 Å². The van der Waals surface area contributed by atoms with Crippen molar-refractivity contribution in [3.05, 3.63) is 69.8 Å². The zero-order valence-electron chi connectivity index (χ0n) is 19.1. The molecule has 4 rings (SSSR count). The molecule has 0 bridgehead atoms. The number of hydroxylamine groups is 1. The lowest BCUT2D eigenvalue weighted by molar-refractivity contribution is -0.142. The van der Waals surface area contributed by atoms with Gasteiger partial charge in [0.1, 0.15) is 10.6 Å². The van der Waals surface area contributed by atoms with Gasteiger partial charge in [-0.1, -0.05) is 30.4 Å². The lowest BCUT2D eigenvalue weighted by atomic mass is 9.63. The minimum absolute atomic E-state index is 0.144. The van der Waals surface area contributed by atoms with Crippen LogP contribution in [0.3, 0.4) is 0 Å². The standard InChI is InChI=1S/C25H30N2O5S2/c1-2-32-20-6-3-4-7-21(20)34(30,31)19-9-11-24(12-10-19,22-8-5-17-33-22)18-25(23(28)27-29)13-15-26-16-14-25/h3-11,17,26,29H,2,12-16,18H2,1H3,(H,27,28). The summed E-state index contributed by atoms with van der Waals surface area (Å²) < 4.78 is 32.5. The monoisotopic (exact) mass is 502 g/mol. The van der Waals surface area contributed by atoms with Gasteiger partial charge in [0.05, 0.1) is 16.9 Å². The van der Waals surface area contributed by atoms with Gasteiger partial charge in [0.25, 0.3) is 0 Å². The Hall–Kier alpha value is -2.46. The first kappa shape index (κ1) is 24.7. The van der Waals surface area contributed by atoms with Gasteiger partial charge in [0, 0.05) is 10.3 Å². The number of carbonyl (C=O) groups is 1. The number of rotatable bonds is 8. The molecule has 1 aliphatic carbocycles. The highest BCUT2D eigenvalue weighted by atomic mass is 32.2. The minimum atomic E-state index is -3.78. The average Bonchev–Trinajstić information content (AvgIpc) is 3.41. The van der Waals surface area contributed by atoms with Crippen LogP contribution >= 0.6 is 11.3 Å². The van der Waals surface area contributed by atoms with E-state index in [2.05, 4.69) is 5.32 Å². The Balaban J connectivity index is 1.70. The summed E-state index contributed by atoms with van der Waals surface area (Å²) in [5.41, 5.74) is 0.593. The van der Waals surface area contributed by atoms with Gasteiger partial charge < -0.3 is 10.1 Å². The van der Waals surface area contributed by atoms with E-state index in [0.29, 0.717) is 51.1 Å². The fourth-order valence-electron chi connectivity index (χ4n) is 5.01. The Kier molecular flexibility index (Phi) is 7.28. The molecule has 1 unspecified atom stereocenters. The second kappa shape index (κ2) is 10.0. The fourth-order valence-corrected chi connectivity index (χ4v) is 7.38. The number of carbonyl (C=O) groups excluding carboxylic acids is 1. The molecule has 0 radical (unpaired) electrons. The summed E-state index contributed by atoms with van der Waals surface area (Å²) in [6.07, 6.45) is 7.45. The molecule has 2 aromatic rings. The second-order valence-corrected chi connectivity index (χ2v) is 11.7. The first-order chi connectivity index (χ1) is 16.4. The van der Waals surface area contributed by atoms with Gasteiger partial charge in [-0.3, -0.25) is 10.0 Å². The highest BCUT2D eigenvalue weighted by Crippen LogP contribution is 2.49. The number of ether oxygens (including phenoxy) is 1.